The molecule has 0 aliphatic carbocycles. The summed E-state index contributed by atoms with van der Waals surface area (Å²) in [5.41, 5.74) is 2.18. The van der Waals surface area contributed by atoms with Crippen LogP contribution in [-0.4, -0.2) is 0 Å². The highest BCUT2D eigenvalue weighted by Gasteiger charge is 2.08. The molecule has 0 unspecified atom stereocenters. The molecular weight excluding hydrogens is 239 g/mol. The maximum Gasteiger partial charge on any atom is 0.0408 e. The second kappa shape index (κ2) is 4.90. The first-order valence-corrected chi connectivity index (χ1v) is 5.76. The highest BCUT2D eigenvalue weighted by molar-refractivity contribution is 6.31. The Morgan fingerprint density at radius 2 is 1.25 bits per heavy atom. The van der Waals surface area contributed by atoms with Crippen LogP contribution < -0.4 is 0 Å². The minimum Gasteiger partial charge on any atom is -0.0843 e. The number of benzene rings is 2. The van der Waals surface area contributed by atoms with Gasteiger partial charge in [-0.2, -0.15) is 0 Å². The predicted molar refractivity (Wildman–Crippen MR) is 70.1 cm³/mol. The van der Waals surface area contributed by atoms with Gasteiger partial charge in [-0.25, -0.2) is 0 Å². The number of hydrogen-bond donors (Lipinski definition) is 0. The molecule has 81 valence electrons. The van der Waals surface area contributed by atoms with Gasteiger partial charge in [0.2, 0.25) is 0 Å². The lowest BCUT2D eigenvalue weighted by molar-refractivity contribution is 1.02. The molecule has 0 saturated carbocycles. The first-order chi connectivity index (χ1) is 7.66. The summed E-state index contributed by atoms with van der Waals surface area (Å²) in [5.74, 6) is 0.0531. The van der Waals surface area contributed by atoms with Crippen molar-refractivity contribution >= 4 is 23.2 Å². The average Bonchev–Trinajstić information content (AvgIpc) is 2.28. The number of rotatable bonds is 2. The first kappa shape index (κ1) is 11.5. The van der Waals surface area contributed by atoms with Gasteiger partial charge in [0, 0.05) is 16.0 Å². The molecule has 1 radical (unpaired) electrons. The Balaban J connectivity index is 2.35. The van der Waals surface area contributed by atoms with Gasteiger partial charge in [0.05, 0.1) is 0 Å². The number of halogens is 2. The van der Waals surface area contributed by atoms with Crippen molar-refractivity contribution in [2.24, 2.45) is 0 Å². The summed E-state index contributed by atoms with van der Waals surface area (Å²) < 4.78 is 0. The zero-order chi connectivity index (χ0) is 11.5. The molecule has 0 atom stereocenters. The van der Waals surface area contributed by atoms with E-state index >= 15 is 0 Å². The zero-order valence-electron chi connectivity index (χ0n) is 8.66. The summed E-state index contributed by atoms with van der Waals surface area (Å²) in [6, 6.07) is 15.5. The van der Waals surface area contributed by atoms with E-state index in [1.807, 2.05) is 48.5 Å². The van der Waals surface area contributed by atoms with Crippen LogP contribution in [0.1, 0.15) is 17.0 Å². The number of hydrogen-bond acceptors (Lipinski definition) is 0. The van der Waals surface area contributed by atoms with Crippen LogP contribution in [0, 0.1) is 6.92 Å². The Morgan fingerprint density at radius 3 is 1.62 bits per heavy atom. The second-order valence-corrected chi connectivity index (χ2v) is 4.54. The van der Waals surface area contributed by atoms with Crippen LogP contribution in [0.5, 0.6) is 0 Å². The minimum atomic E-state index is 0.0531. The van der Waals surface area contributed by atoms with Crippen molar-refractivity contribution in [2.45, 2.75) is 5.92 Å². The smallest absolute Gasteiger partial charge is 0.0408 e. The molecule has 0 spiro atoms. The van der Waals surface area contributed by atoms with Crippen molar-refractivity contribution in [2.75, 3.05) is 0 Å². The van der Waals surface area contributed by atoms with Gasteiger partial charge < -0.3 is 0 Å². The van der Waals surface area contributed by atoms with Crippen LogP contribution in [0.4, 0.5) is 0 Å². The third-order valence-electron chi connectivity index (χ3n) is 2.50. The molecule has 0 aliphatic heterocycles. The molecule has 0 nitrogen and oxygen atoms in total. The molecule has 0 heterocycles. The van der Waals surface area contributed by atoms with E-state index < -0.39 is 0 Å². The standard InChI is InChI=1S/C14H11Cl2/c1-10(11-4-2-6-13(15)8-11)12-5-3-7-14(16)9-12/h2-10H,1H2. The third-order valence-corrected chi connectivity index (χ3v) is 2.97. The van der Waals surface area contributed by atoms with E-state index in [0.29, 0.717) is 0 Å². The average molecular weight is 250 g/mol. The van der Waals surface area contributed by atoms with E-state index in [-0.39, 0.29) is 5.92 Å². The van der Waals surface area contributed by atoms with Crippen LogP contribution in [-0.2, 0) is 0 Å². The lowest BCUT2D eigenvalue weighted by Gasteiger charge is -2.12. The molecule has 0 N–H and O–H groups in total. The molecule has 0 aliphatic rings. The second-order valence-electron chi connectivity index (χ2n) is 3.66. The van der Waals surface area contributed by atoms with E-state index in [2.05, 4.69) is 6.92 Å². The predicted octanol–water partition coefficient (Wildman–Crippen LogP) is 4.96. The Labute approximate surface area is 106 Å². The van der Waals surface area contributed by atoms with Crippen molar-refractivity contribution in [3.05, 3.63) is 76.6 Å². The molecule has 2 heteroatoms. The molecule has 2 rings (SSSR count). The van der Waals surface area contributed by atoms with E-state index in [4.69, 9.17) is 23.2 Å². The van der Waals surface area contributed by atoms with Crippen molar-refractivity contribution in [3.8, 4) is 0 Å². The third kappa shape index (κ3) is 2.58. The zero-order valence-corrected chi connectivity index (χ0v) is 10.2. The highest BCUT2D eigenvalue weighted by Crippen LogP contribution is 2.27. The van der Waals surface area contributed by atoms with Crippen molar-refractivity contribution < 1.29 is 0 Å². The highest BCUT2D eigenvalue weighted by atomic mass is 35.5. The van der Waals surface area contributed by atoms with Crippen LogP contribution in [0.15, 0.2) is 48.5 Å². The monoisotopic (exact) mass is 249 g/mol. The van der Waals surface area contributed by atoms with Gasteiger partial charge >= 0.3 is 0 Å². The SMILES string of the molecule is [CH2]C(c1cccc(Cl)c1)c1cccc(Cl)c1. The molecule has 0 bridgehead atoms. The Hall–Kier alpha value is -0.980. The summed E-state index contributed by atoms with van der Waals surface area (Å²) in [4.78, 5) is 0. The maximum absolute atomic E-state index is 5.95. The summed E-state index contributed by atoms with van der Waals surface area (Å²) in [5, 5.41) is 1.46. The molecule has 0 amide bonds. The van der Waals surface area contributed by atoms with Gasteiger partial charge in [0.25, 0.3) is 0 Å². The summed E-state index contributed by atoms with van der Waals surface area (Å²) >= 11 is 11.9. The quantitative estimate of drug-likeness (QED) is 0.706. The van der Waals surface area contributed by atoms with E-state index in [1.54, 1.807) is 0 Å². The fourth-order valence-electron chi connectivity index (χ4n) is 1.64. The van der Waals surface area contributed by atoms with Crippen molar-refractivity contribution in [3.63, 3.8) is 0 Å². The molecule has 0 aromatic heterocycles. The van der Waals surface area contributed by atoms with Crippen LogP contribution in [0.2, 0.25) is 10.0 Å². The first-order valence-electron chi connectivity index (χ1n) is 5.01. The fourth-order valence-corrected chi connectivity index (χ4v) is 2.04. The Bertz CT molecular complexity index is 446. The normalized spacial score (nSPS) is 10.8. The van der Waals surface area contributed by atoms with Crippen molar-refractivity contribution in [1.82, 2.24) is 0 Å². The fraction of sp³-hybridized carbons (Fsp3) is 0.0714. The van der Waals surface area contributed by atoms with E-state index in [0.717, 1.165) is 21.2 Å². The summed E-state index contributed by atoms with van der Waals surface area (Å²) in [6.45, 7) is 4.14. The van der Waals surface area contributed by atoms with Crippen LogP contribution in [0.25, 0.3) is 0 Å². The topological polar surface area (TPSA) is 0 Å². The van der Waals surface area contributed by atoms with E-state index in [1.165, 1.54) is 0 Å². The van der Waals surface area contributed by atoms with Gasteiger partial charge in [0.15, 0.2) is 0 Å². The van der Waals surface area contributed by atoms with Gasteiger partial charge in [-0.1, -0.05) is 47.5 Å². The van der Waals surface area contributed by atoms with Gasteiger partial charge in [-0.15, -0.1) is 0 Å². The maximum atomic E-state index is 5.95. The Morgan fingerprint density at radius 1 is 0.812 bits per heavy atom. The molecule has 2 aromatic carbocycles. The molecule has 2 aromatic rings. The van der Waals surface area contributed by atoms with Crippen LogP contribution >= 0.6 is 23.2 Å². The summed E-state index contributed by atoms with van der Waals surface area (Å²) in [7, 11) is 0. The van der Waals surface area contributed by atoms with Gasteiger partial charge in [-0.3, -0.25) is 0 Å². The molecule has 16 heavy (non-hydrogen) atoms. The molecule has 0 fully saturated rings. The molecular formula is C14H11Cl2. The lowest BCUT2D eigenvalue weighted by Crippen LogP contribution is -1.95. The lowest BCUT2D eigenvalue weighted by atomic mass is 9.93. The van der Waals surface area contributed by atoms with Crippen LogP contribution in [0.3, 0.4) is 0 Å². The van der Waals surface area contributed by atoms with Gasteiger partial charge in [-0.05, 0) is 42.3 Å². The Kier molecular flexibility index (Phi) is 3.52. The molecule has 0 saturated heterocycles. The summed E-state index contributed by atoms with van der Waals surface area (Å²) in [6.07, 6.45) is 0. The van der Waals surface area contributed by atoms with Gasteiger partial charge in [0.1, 0.15) is 0 Å². The minimum absolute atomic E-state index is 0.0531. The van der Waals surface area contributed by atoms with Crippen molar-refractivity contribution in [1.29, 1.82) is 0 Å². The van der Waals surface area contributed by atoms with E-state index in [9.17, 15) is 0 Å². The largest absolute Gasteiger partial charge is 0.0843 e.